The van der Waals surface area contributed by atoms with Crippen LogP contribution < -0.4 is 5.32 Å². The Balaban J connectivity index is 1.90. The van der Waals surface area contributed by atoms with Crippen LogP contribution in [-0.4, -0.2) is 22.1 Å². The van der Waals surface area contributed by atoms with Crippen molar-refractivity contribution in [1.82, 2.24) is 15.5 Å². The van der Waals surface area contributed by atoms with E-state index in [-0.39, 0.29) is 18.8 Å². The van der Waals surface area contributed by atoms with Gasteiger partial charge in [0.15, 0.2) is 5.82 Å². The number of aromatic nitrogens is 2. The van der Waals surface area contributed by atoms with E-state index < -0.39 is 5.92 Å². The first kappa shape index (κ1) is 13.4. The fourth-order valence-electron chi connectivity index (χ4n) is 2.09. The van der Waals surface area contributed by atoms with Gasteiger partial charge < -0.3 is 9.84 Å². The van der Waals surface area contributed by atoms with Gasteiger partial charge in [-0.3, -0.25) is 0 Å². The highest BCUT2D eigenvalue weighted by Gasteiger charge is 2.37. The Bertz CT molecular complexity index is 382. The molecule has 1 aromatic heterocycles. The zero-order valence-electron chi connectivity index (χ0n) is 10.7. The van der Waals surface area contributed by atoms with Crippen molar-refractivity contribution in [2.75, 3.05) is 0 Å². The van der Waals surface area contributed by atoms with Crippen LogP contribution in [0.15, 0.2) is 4.52 Å². The minimum absolute atomic E-state index is 0.00933. The summed E-state index contributed by atoms with van der Waals surface area (Å²) in [6, 6.07) is 0.348. The van der Waals surface area contributed by atoms with Crippen molar-refractivity contribution in [1.29, 1.82) is 0 Å². The third kappa shape index (κ3) is 3.48. The molecule has 1 aliphatic rings. The Morgan fingerprint density at radius 1 is 1.39 bits per heavy atom. The van der Waals surface area contributed by atoms with Crippen molar-refractivity contribution in [3.05, 3.63) is 11.7 Å². The molecule has 1 aromatic rings. The molecule has 1 heterocycles. The summed E-state index contributed by atoms with van der Waals surface area (Å²) < 4.78 is 31.2. The molecule has 18 heavy (non-hydrogen) atoms. The van der Waals surface area contributed by atoms with Gasteiger partial charge in [-0.05, 0) is 12.8 Å². The van der Waals surface area contributed by atoms with Gasteiger partial charge in [-0.2, -0.15) is 4.98 Å². The molecular formula is C12H19F2N3O. The minimum atomic E-state index is -2.52. The molecule has 0 aliphatic heterocycles. The van der Waals surface area contributed by atoms with Crippen LogP contribution in [0, 0.1) is 0 Å². The molecule has 1 fully saturated rings. The molecule has 0 spiro atoms. The molecule has 6 heteroatoms. The van der Waals surface area contributed by atoms with Crippen molar-refractivity contribution in [2.24, 2.45) is 0 Å². The van der Waals surface area contributed by atoms with E-state index in [1.165, 1.54) is 0 Å². The number of rotatable bonds is 4. The summed E-state index contributed by atoms with van der Waals surface area (Å²) in [6.07, 6.45) is 0.678. The van der Waals surface area contributed by atoms with Gasteiger partial charge in [-0.15, -0.1) is 0 Å². The van der Waals surface area contributed by atoms with Gasteiger partial charge in [0, 0.05) is 24.8 Å². The molecule has 2 rings (SSSR count). The van der Waals surface area contributed by atoms with Crippen LogP contribution in [0.5, 0.6) is 0 Å². The molecule has 102 valence electrons. The average Bonchev–Trinajstić information content (AvgIpc) is 2.75. The van der Waals surface area contributed by atoms with Gasteiger partial charge >= 0.3 is 0 Å². The lowest BCUT2D eigenvalue weighted by molar-refractivity contribution is -0.0402. The van der Waals surface area contributed by atoms with Crippen molar-refractivity contribution in [3.8, 4) is 0 Å². The van der Waals surface area contributed by atoms with E-state index >= 15 is 0 Å². The molecular weight excluding hydrogens is 240 g/mol. The first-order chi connectivity index (χ1) is 8.46. The lowest BCUT2D eigenvalue weighted by Crippen LogP contribution is -2.24. The molecule has 0 atom stereocenters. The van der Waals surface area contributed by atoms with Gasteiger partial charge in [0.2, 0.25) is 11.8 Å². The maximum Gasteiger partial charge on any atom is 0.248 e. The Hall–Kier alpha value is -1.04. The second kappa shape index (κ2) is 5.30. The van der Waals surface area contributed by atoms with Gasteiger partial charge in [-0.25, -0.2) is 8.78 Å². The number of nitrogens with one attached hydrogen (secondary N) is 1. The first-order valence-electron chi connectivity index (χ1n) is 6.40. The maximum absolute atomic E-state index is 13.0. The topological polar surface area (TPSA) is 51.0 Å². The monoisotopic (exact) mass is 259 g/mol. The quantitative estimate of drug-likeness (QED) is 0.903. The second-order valence-corrected chi connectivity index (χ2v) is 5.21. The summed E-state index contributed by atoms with van der Waals surface area (Å²) in [5.41, 5.74) is 0. The van der Waals surface area contributed by atoms with E-state index in [2.05, 4.69) is 15.5 Å². The molecule has 0 unspecified atom stereocenters. The molecule has 0 bridgehead atoms. The van der Waals surface area contributed by atoms with Crippen LogP contribution in [-0.2, 0) is 6.54 Å². The highest BCUT2D eigenvalue weighted by atomic mass is 19.3. The van der Waals surface area contributed by atoms with Gasteiger partial charge in [0.1, 0.15) is 0 Å². The smallest absolute Gasteiger partial charge is 0.248 e. The molecule has 1 aliphatic carbocycles. The molecule has 0 amide bonds. The Morgan fingerprint density at radius 2 is 2.06 bits per heavy atom. The van der Waals surface area contributed by atoms with E-state index in [4.69, 9.17) is 4.52 Å². The summed E-state index contributed by atoms with van der Waals surface area (Å²) in [4.78, 5) is 4.27. The highest BCUT2D eigenvalue weighted by molar-refractivity contribution is 4.97. The fraction of sp³-hybridized carbons (Fsp3) is 0.833. The molecule has 4 nitrogen and oxygen atoms in total. The van der Waals surface area contributed by atoms with Crippen LogP contribution in [0.1, 0.15) is 57.2 Å². The lowest BCUT2D eigenvalue weighted by Gasteiger charge is -2.25. The number of alkyl halides is 2. The highest BCUT2D eigenvalue weighted by Crippen LogP contribution is 2.40. The van der Waals surface area contributed by atoms with Crippen molar-refractivity contribution < 1.29 is 13.3 Å². The SMILES string of the molecule is CC(C)NCc1noc(C2CCC(F)(F)CC2)n1. The van der Waals surface area contributed by atoms with E-state index in [9.17, 15) is 8.78 Å². The second-order valence-electron chi connectivity index (χ2n) is 5.21. The van der Waals surface area contributed by atoms with E-state index in [1.807, 2.05) is 13.8 Å². The number of halogens is 2. The first-order valence-corrected chi connectivity index (χ1v) is 6.40. The Morgan fingerprint density at radius 3 is 2.67 bits per heavy atom. The largest absolute Gasteiger partial charge is 0.339 e. The summed E-state index contributed by atoms with van der Waals surface area (Å²) in [6.45, 7) is 4.61. The molecule has 1 N–H and O–H groups in total. The maximum atomic E-state index is 13.0. The van der Waals surface area contributed by atoms with Gasteiger partial charge in [0.05, 0.1) is 6.54 Å². The summed E-state index contributed by atoms with van der Waals surface area (Å²) in [7, 11) is 0. The van der Waals surface area contributed by atoms with Crippen molar-refractivity contribution in [2.45, 2.75) is 64.0 Å². The van der Waals surface area contributed by atoms with Crippen LogP contribution in [0.25, 0.3) is 0 Å². The predicted molar refractivity (Wildman–Crippen MR) is 62.4 cm³/mol. The summed E-state index contributed by atoms with van der Waals surface area (Å²) in [5.74, 6) is -1.43. The van der Waals surface area contributed by atoms with Crippen molar-refractivity contribution >= 4 is 0 Å². The lowest BCUT2D eigenvalue weighted by atomic mass is 9.87. The zero-order chi connectivity index (χ0) is 13.2. The van der Waals surface area contributed by atoms with Crippen LogP contribution in [0.3, 0.4) is 0 Å². The molecule has 0 aromatic carbocycles. The van der Waals surface area contributed by atoms with Crippen LogP contribution in [0.4, 0.5) is 8.78 Å². The minimum Gasteiger partial charge on any atom is -0.339 e. The van der Waals surface area contributed by atoms with Gasteiger partial charge in [0.25, 0.3) is 0 Å². The van der Waals surface area contributed by atoms with Gasteiger partial charge in [-0.1, -0.05) is 19.0 Å². The van der Waals surface area contributed by atoms with E-state index in [1.54, 1.807) is 0 Å². The zero-order valence-corrected chi connectivity index (χ0v) is 10.7. The molecule has 0 radical (unpaired) electrons. The predicted octanol–water partition coefficient (Wildman–Crippen LogP) is 2.86. The van der Waals surface area contributed by atoms with E-state index in [0.29, 0.717) is 37.1 Å². The number of hydrogen-bond donors (Lipinski definition) is 1. The molecule has 1 saturated carbocycles. The van der Waals surface area contributed by atoms with Crippen LogP contribution >= 0.6 is 0 Å². The van der Waals surface area contributed by atoms with Crippen LogP contribution in [0.2, 0.25) is 0 Å². The number of hydrogen-bond acceptors (Lipinski definition) is 4. The Labute approximate surface area is 105 Å². The Kier molecular flexibility index (Phi) is 3.94. The normalized spacial score (nSPS) is 20.5. The van der Waals surface area contributed by atoms with Crippen molar-refractivity contribution in [3.63, 3.8) is 0 Å². The fourth-order valence-corrected chi connectivity index (χ4v) is 2.09. The standard InChI is InChI=1S/C12H19F2N3O/c1-8(2)15-7-10-16-11(18-17-10)9-3-5-12(13,14)6-4-9/h8-9,15H,3-7H2,1-2H3. The van der Waals surface area contributed by atoms with E-state index in [0.717, 1.165) is 0 Å². The summed E-state index contributed by atoms with van der Waals surface area (Å²) in [5, 5.41) is 7.05. The third-order valence-electron chi connectivity index (χ3n) is 3.22. The average molecular weight is 259 g/mol. The third-order valence-corrected chi connectivity index (χ3v) is 3.22. The molecule has 0 saturated heterocycles. The number of nitrogens with zero attached hydrogens (tertiary/aromatic N) is 2. The summed E-state index contributed by atoms with van der Waals surface area (Å²) >= 11 is 0.